The Hall–Kier alpha value is -2.87. The van der Waals surface area contributed by atoms with E-state index >= 15 is 0 Å². The summed E-state index contributed by atoms with van der Waals surface area (Å²) in [5.74, 6) is 0.0435. The molecule has 31 heavy (non-hydrogen) atoms. The first-order chi connectivity index (χ1) is 14.6. The van der Waals surface area contributed by atoms with Crippen molar-refractivity contribution in [3.05, 3.63) is 59.2 Å². The Morgan fingerprint density at radius 1 is 1.23 bits per heavy atom. The number of nitrogens with one attached hydrogen (secondary N) is 1. The Kier molecular flexibility index (Phi) is 5.29. The van der Waals surface area contributed by atoms with Gasteiger partial charge in [-0.15, -0.1) is 0 Å². The first-order valence-electron chi connectivity index (χ1n) is 10.3. The summed E-state index contributed by atoms with van der Waals surface area (Å²) in [5, 5.41) is 3.06. The normalized spacial score (nSPS) is 20.5. The molecule has 4 rings (SSSR count). The fourth-order valence-corrected chi connectivity index (χ4v) is 5.81. The molecule has 0 unspecified atom stereocenters. The minimum Gasteiger partial charge on any atom is -0.487 e. The fraction of sp³-hybridized carbons (Fsp3) is 0.391. The number of fused-ring (bicyclic) bond motifs is 2. The summed E-state index contributed by atoms with van der Waals surface area (Å²) in [6, 6.07) is 11.9. The molecule has 164 valence electrons. The van der Waals surface area contributed by atoms with Gasteiger partial charge in [0.15, 0.2) is 0 Å². The van der Waals surface area contributed by atoms with E-state index in [0.29, 0.717) is 6.42 Å². The maximum absolute atomic E-state index is 12.6. The molecule has 0 spiro atoms. The Bertz CT molecular complexity index is 1160. The van der Waals surface area contributed by atoms with E-state index in [0.717, 1.165) is 21.2 Å². The molecule has 2 heterocycles. The standard InChI is InChI=1S/C23H26N2O5S/c1-15-10-11-19-17(13-15)18(14-23(2,3)30-19)24-21(26)9-6-12-25-22(27)16-7-4-5-8-20(16)31(25,28)29/h4-5,7-8,10-11,13,18H,6,9,12,14H2,1-3H3,(H,24,26)/t18-/m1/s1. The molecule has 0 bridgehead atoms. The van der Waals surface area contributed by atoms with Gasteiger partial charge in [0, 0.05) is 24.9 Å². The third-order valence-electron chi connectivity index (χ3n) is 5.63. The number of carbonyl (C=O) groups is 2. The van der Waals surface area contributed by atoms with Gasteiger partial charge in [0.25, 0.3) is 15.9 Å². The van der Waals surface area contributed by atoms with Crippen molar-refractivity contribution in [1.82, 2.24) is 9.62 Å². The molecule has 0 aliphatic carbocycles. The lowest BCUT2D eigenvalue weighted by Crippen LogP contribution is -2.41. The van der Waals surface area contributed by atoms with Crippen LogP contribution >= 0.6 is 0 Å². The second-order valence-electron chi connectivity index (χ2n) is 8.71. The van der Waals surface area contributed by atoms with E-state index in [9.17, 15) is 18.0 Å². The van der Waals surface area contributed by atoms with Gasteiger partial charge in [0.05, 0.1) is 11.6 Å². The van der Waals surface area contributed by atoms with E-state index in [1.54, 1.807) is 12.1 Å². The largest absolute Gasteiger partial charge is 0.487 e. The van der Waals surface area contributed by atoms with Crippen molar-refractivity contribution in [1.29, 1.82) is 0 Å². The predicted molar refractivity (Wildman–Crippen MR) is 115 cm³/mol. The molecule has 2 amide bonds. The number of sulfonamides is 1. The summed E-state index contributed by atoms with van der Waals surface area (Å²) >= 11 is 0. The number of ether oxygens (including phenoxy) is 1. The highest BCUT2D eigenvalue weighted by Gasteiger charge is 2.40. The van der Waals surface area contributed by atoms with Crippen LogP contribution in [0.3, 0.4) is 0 Å². The second kappa shape index (κ2) is 7.67. The molecule has 2 aromatic carbocycles. The van der Waals surface area contributed by atoms with E-state index in [2.05, 4.69) is 5.32 Å². The van der Waals surface area contributed by atoms with Crippen molar-refractivity contribution in [2.24, 2.45) is 0 Å². The van der Waals surface area contributed by atoms with Gasteiger partial charge < -0.3 is 10.1 Å². The van der Waals surface area contributed by atoms with Crippen molar-refractivity contribution in [3.63, 3.8) is 0 Å². The topological polar surface area (TPSA) is 92.8 Å². The van der Waals surface area contributed by atoms with Crippen LogP contribution in [-0.2, 0) is 14.8 Å². The summed E-state index contributed by atoms with van der Waals surface area (Å²) < 4.78 is 32.1. The van der Waals surface area contributed by atoms with Gasteiger partial charge in [0.2, 0.25) is 5.91 Å². The lowest BCUT2D eigenvalue weighted by Gasteiger charge is -2.38. The van der Waals surface area contributed by atoms with Gasteiger partial charge in [-0.25, -0.2) is 12.7 Å². The van der Waals surface area contributed by atoms with Crippen molar-refractivity contribution in [2.45, 2.75) is 56.6 Å². The number of benzene rings is 2. The van der Waals surface area contributed by atoms with Crippen LogP contribution in [-0.4, -0.2) is 36.7 Å². The fourth-order valence-electron chi connectivity index (χ4n) is 4.20. The quantitative estimate of drug-likeness (QED) is 0.767. The Balaban J connectivity index is 1.40. The highest BCUT2D eigenvalue weighted by Crippen LogP contribution is 2.40. The molecule has 0 saturated heterocycles. The zero-order valence-electron chi connectivity index (χ0n) is 17.8. The van der Waals surface area contributed by atoms with Crippen LogP contribution < -0.4 is 10.1 Å². The van der Waals surface area contributed by atoms with E-state index in [4.69, 9.17) is 4.74 Å². The summed E-state index contributed by atoms with van der Waals surface area (Å²) in [5.41, 5.74) is 1.80. The zero-order valence-corrected chi connectivity index (χ0v) is 18.7. The maximum Gasteiger partial charge on any atom is 0.269 e. The molecule has 1 atom stereocenters. The number of amides is 2. The van der Waals surface area contributed by atoms with Crippen molar-refractivity contribution < 1.29 is 22.7 Å². The van der Waals surface area contributed by atoms with Gasteiger partial charge in [-0.2, -0.15) is 0 Å². The summed E-state index contributed by atoms with van der Waals surface area (Å²) in [7, 11) is -3.85. The monoisotopic (exact) mass is 442 g/mol. The minimum absolute atomic E-state index is 0.0286. The lowest BCUT2D eigenvalue weighted by molar-refractivity contribution is -0.122. The molecular formula is C23H26N2O5S. The molecule has 1 N–H and O–H groups in total. The average molecular weight is 443 g/mol. The first kappa shape index (κ1) is 21.4. The molecule has 2 aliphatic rings. The van der Waals surface area contributed by atoms with Crippen LogP contribution in [0.15, 0.2) is 47.4 Å². The molecule has 0 radical (unpaired) electrons. The molecular weight excluding hydrogens is 416 g/mol. The number of nitrogens with zero attached hydrogens (tertiary/aromatic N) is 1. The van der Waals surface area contributed by atoms with Crippen LogP contribution in [0.1, 0.15) is 60.6 Å². The first-order valence-corrected chi connectivity index (χ1v) is 11.8. The van der Waals surface area contributed by atoms with Gasteiger partial charge in [-0.05, 0) is 45.4 Å². The number of hydrogen-bond acceptors (Lipinski definition) is 5. The second-order valence-corrected chi connectivity index (χ2v) is 10.5. The average Bonchev–Trinajstić information content (AvgIpc) is 2.89. The van der Waals surface area contributed by atoms with Crippen LogP contribution in [0.5, 0.6) is 5.75 Å². The molecule has 8 heteroatoms. The summed E-state index contributed by atoms with van der Waals surface area (Å²) in [6.45, 7) is 5.93. The predicted octanol–water partition coefficient (Wildman–Crippen LogP) is 3.34. The summed E-state index contributed by atoms with van der Waals surface area (Å²) in [4.78, 5) is 25.2. The van der Waals surface area contributed by atoms with E-state index in [1.807, 2.05) is 39.0 Å². The number of carbonyl (C=O) groups excluding carboxylic acids is 2. The summed E-state index contributed by atoms with van der Waals surface area (Å²) in [6.07, 6.45) is 0.996. The molecule has 7 nitrogen and oxygen atoms in total. The lowest BCUT2D eigenvalue weighted by atomic mass is 9.89. The smallest absolute Gasteiger partial charge is 0.269 e. The zero-order chi connectivity index (χ0) is 22.4. The molecule has 2 aliphatic heterocycles. The molecule has 0 fully saturated rings. The third kappa shape index (κ3) is 4.04. The minimum atomic E-state index is -3.85. The maximum atomic E-state index is 12.6. The van der Waals surface area contributed by atoms with Crippen molar-refractivity contribution >= 4 is 21.8 Å². The third-order valence-corrected chi connectivity index (χ3v) is 7.48. The highest BCUT2D eigenvalue weighted by molar-refractivity contribution is 7.90. The van der Waals surface area contributed by atoms with E-state index < -0.39 is 21.5 Å². The van der Waals surface area contributed by atoms with Gasteiger partial charge >= 0.3 is 0 Å². The van der Waals surface area contributed by atoms with Crippen molar-refractivity contribution in [3.8, 4) is 5.75 Å². The van der Waals surface area contributed by atoms with Crippen LogP contribution in [0.2, 0.25) is 0 Å². The van der Waals surface area contributed by atoms with Gasteiger partial charge in [-0.3, -0.25) is 9.59 Å². The van der Waals surface area contributed by atoms with Crippen molar-refractivity contribution in [2.75, 3.05) is 6.54 Å². The molecule has 0 saturated carbocycles. The van der Waals surface area contributed by atoms with E-state index in [1.165, 1.54) is 12.1 Å². The van der Waals surface area contributed by atoms with Gasteiger partial charge in [-0.1, -0.05) is 29.8 Å². The number of hydrogen-bond donors (Lipinski definition) is 1. The Morgan fingerprint density at radius 3 is 2.71 bits per heavy atom. The SMILES string of the molecule is Cc1ccc2c(c1)[C@H](NC(=O)CCCN1C(=O)c3ccccc3S1(=O)=O)CC(C)(C)O2. The van der Waals surface area contributed by atoms with Crippen LogP contribution in [0.4, 0.5) is 0 Å². The molecule has 2 aromatic rings. The van der Waals surface area contributed by atoms with Crippen LogP contribution in [0, 0.1) is 6.92 Å². The molecule has 0 aromatic heterocycles. The number of rotatable bonds is 5. The van der Waals surface area contributed by atoms with Gasteiger partial charge in [0.1, 0.15) is 16.2 Å². The van der Waals surface area contributed by atoms with Crippen LogP contribution in [0.25, 0.3) is 0 Å². The number of aryl methyl sites for hydroxylation is 1. The Labute approximate surface area is 182 Å². The Morgan fingerprint density at radius 2 is 1.97 bits per heavy atom. The van der Waals surface area contributed by atoms with E-state index in [-0.39, 0.29) is 41.8 Å². The highest BCUT2D eigenvalue weighted by atomic mass is 32.2.